The fraction of sp³-hybridized carbons (Fsp3) is 0.409. The first kappa shape index (κ1) is 22.3. The highest BCUT2D eigenvalue weighted by Crippen LogP contribution is 2.22. The fourth-order valence-corrected chi connectivity index (χ4v) is 4.77. The van der Waals surface area contributed by atoms with Crippen LogP contribution >= 0.6 is 0 Å². The molecule has 1 aromatic carbocycles. The molecule has 1 aliphatic rings. The number of carbonyl (C=O) groups is 1. The SMILES string of the molecule is CN(C)C(CNC(=O)C1CCN(S(=O)(=O)C=Cc2ccccc2)CC1)c1ccco1. The summed E-state index contributed by atoms with van der Waals surface area (Å²) in [5.74, 6) is 0.575. The second kappa shape index (κ2) is 10.1. The lowest BCUT2D eigenvalue weighted by atomic mass is 9.97. The molecular formula is C22H29N3O4S. The normalized spacial score (nSPS) is 17.4. The third-order valence-corrected chi connectivity index (χ3v) is 6.95. The van der Waals surface area contributed by atoms with E-state index in [0.717, 1.165) is 11.3 Å². The summed E-state index contributed by atoms with van der Waals surface area (Å²) in [6.45, 7) is 1.13. The number of nitrogens with one attached hydrogen (secondary N) is 1. The van der Waals surface area contributed by atoms with Crippen molar-refractivity contribution in [2.75, 3.05) is 33.7 Å². The third-order valence-electron chi connectivity index (χ3n) is 5.38. The number of nitrogens with zero attached hydrogens (tertiary/aromatic N) is 2. The number of furan rings is 1. The van der Waals surface area contributed by atoms with Crippen molar-refractivity contribution < 1.29 is 17.6 Å². The van der Waals surface area contributed by atoms with E-state index >= 15 is 0 Å². The molecule has 1 atom stereocenters. The van der Waals surface area contributed by atoms with Crippen molar-refractivity contribution in [3.05, 3.63) is 65.5 Å². The number of hydrogen-bond acceptors (Lipinski definition) is 5. The lowest BCUT2D eigenvalue weighted by Crippen LogP contribution is -2.43. The molecule has 0 saturated carbocycles. The van der Waals surface area contributed by atoms with Crippen LogP contribution in [0.3, 0.4) is 0 Å². The van der Waals surface area contributed by atoms with Crippen LogP contribution in [0.15, 0.2) is 58.6 Å². The predicted molar refractivity (Wildman–Crippen MR) is 117 cm³/mol. The van der Waals surface area contributed by atoms with Crippen LogP contribution in [0.5, 0.6) is 0 Å². The zero-order valence-corrected chi connectivity index (χ0v) is 18.2. The molecule has 1 amide bonds. The number of likely N-dealkylation sites (N-methyl/N-ethyl adjacent to an activating group) is 1. The number of amides is 1. The maximum absolute atomic E-state index is 12.6. The van der Waals surface area contributed by atoms with Crippen molar-refractivity contribution in [3.63, 3.8) is 0 Å². The van der Waals surface area contributed by atoms with Gasteiger partial charge in [0.15, 0.2) is 0 Å². The summed E-state index contributed by atoms with van der Waals surface area (Å²) in [7, 11) is 0.377. The Morgan fingerprint density at radius 2 is 1.90 bits per heavy atom. The van der Waals surface area contributed by atoms with Gasteiger partial charge in [0.1, 0.15) is 5.76 Å². The van der Waals surface area contributed by atoms with Crippen LogP contribution in [0, 0.1) is 5.92 Å². The molecule has 2 heterocycles. The fourth-order valence-electron chi connectivity index (χ4n) is 3.55. The Labute approximate surface area is 178 Å². The highest BCUT2D eigenvalue weighted by atomic mass is 32.2. The van der Waals surface area contributed by atoms with Gasteiger partial charge in [-0.25, -0.2) is 8.42 Å². The summed E-state index contributed by atoms with van der Waals surface area (Å²) in [6.07, 6.45) is 4.25. The first-order chi connectivity index (χ1) is 14.4. The molecular weight excluding hydrogens is 402 g/mol. The van der Waals surface area contributed by atoms with Crippen LogP contribution in [-0.4, -0.2) is 57.3 Å². The summed E-state index contributed by atoms with van der Waals surface area (Å²) >= 11 is 0. The smallest absolute Gasteiger partial charge is 0.236 e. The number of benzene rings is 1. The Hall–Kier alpha value is -2.42. The zero-order valence-electron chi connectivity index (χ0n) is 17.4. The van der Waals surface area contributed by atoms with Gasteiger partial charge in [0.2, 0.25) is 15.9 Å². The lowest BCUT2D eigenvalue weighted by molar-refractivity contribution is -0.126. The maximum atomic E-state index is 12.6. The number of hydrogen-bond donors (Lipinski definition) is 1. The molecule has 1 aromatic heterocycles. The Morgan fingerprint density at radius 1 is 1.20 bits per heavy atom. The van der Waals surface area contributed by atoms with Crippen LogP contribution in [0.2, 0.25) is 0 Å². The topological polar surface area (TPSA) is 82.9 Å². The average Bonchev–Trinajstić information content (AvgIpc) is 3.27. The van der Waals surface area contributed by atoms with Crippen molar-refractivity contribution in [1.29, 1.82) is 0 Å². The minimum atomic E-state index is -3.50. The minimum Gasteiger partial charge on any atom is -0.468 e. The van der Waals surface area contributed by atoms with Gasteiger partial charge in [-0.2, -0.15) is 4.31 Å². The summed E-state index contributed by atoms with van der Waals surface area (Å²) < 4.78 is 32.1. The van der Waals surface area contributed by atoms with Crippen LogP contribution in [-0.2, 0) is 14.8 Å². The largest absolute Gasteiger partial charge is 0.468 e. The van der Waals surface area contributed by atoms with Gasteiger partial charge in [0.25, 0.3) is 0 Å². The van der Waals surface area contributed by atoms with Gasteiger partial charge in [-0.1, -0.05) is 30.3 Å². The average molecular weight is 432 g/mol. The van der Waals surface area contributed by atoms with E-state index in [-0.39, 0.29) is 17.9 Å². The first-order valence-corrected chi connectivity index (χ1v) is 11.6. The highest BCUT2D eigenvalue weighted by Gasteiger charge is 2.30. The van der Waals surface area contributed by atoms with Gasteiger partial charge >= 0.3 is 0 Å². The van der Waals surface area contributed by atoms with Crippen LogP contribution in [0.25, 0.3) is 6.08 Å². The van der Waals surface area contributed by atoms with Gasteiger partial charge in [-0.15, -0.1) is 0 Å². The van der Waals surface area contributed by atoms with E-state index in [2.05, 4.69) is 5.32 Å². The maximum Gasteiger partial charge on any atom is 0.236 e. The number of sulfonamides is 1. The Morgan fingerprint density at radius 3 is 2.50 bits per heavy atom. The molecule has 7 nitrogen and oxygen atoms in total. The van der Waals surface area contributed by atoms with E-state index in [1.807, 2.05) is 61.5 Å². The molecule has 1 saturated heterocycles. The molecule has 2 aromatic rings. The quantitative estimate of drug-likeness (QED) is 0.695. The van der Waals surface area contributed by atoms with E-state index in [9.17, 15) is 13.2 Å². The Balaban J connectivity index is 1.51. The highest BCUT2D eigenvalue weighted by molar-refractivity contribution is 7.92. The van der Waals surface area contributed by atoms with Crippen LogP contribution in [0.4, 0.5) is 0 Å². The molecule has 8 heteroatoms. The van der Waals surface area contributed by atoms with Gasteiger partial charge in [-0.05, 0) is 50.7 Å². The molecule has 0 radical (unpaired) electrons. The summed E-state index contributed by atoms with van der Waals surface area (Å²) in [4.78, 5) is 14.6. The van der Waals surface area contributed by atoms with Gasteiger partial charge < -0.3 is 9.73 Å². The van der Waals surface area contributed by atoms with Gasteiger partial charge in [0, 0.05) is 31.0 Å². The van der Waals surface area contributed by atoms with E-state index < -0.39 is 10.0 Å². The second-order valence-corrected chi connectivity index (χ2v) is 9.49. The minimum absolute atomic E-state index is 0.0368. The molecule has 1 aliphatic heterocycles. The molecule has 1 N–H and O–H groups in total. The summed E-state index contributed by atoms with van der Waals surface area (Å²) in [5.41, 5.74) is 0.836. The van der Waals surface area contributed by atoms with Crippen LogP contribution in [0.1, 0.15) is 30.2 Å². The number of carbonyl (C=O) groups excluding carboxylic acids is 1. The van der Waals surface area contributed by atoms with Crippen molar-refractivity contribution in [1.82, 2.24) is 14.5 Å². The van der Waals surface area contributed by atoms with Crippen LogP contribution < -0.4 is 5.32 Å². The summed E-state index contributed by atoms with van der Waals surface area (Å²) in [5, 5.41) is 4.24. The molecule has 3 rings (SSSR count). The molecule has 0 bridgehead atoms. The Bertz CT molecular complexity index is 932. The molecule has 0 aliphatic carbocycles. The van der Waals surface area contributed by atoms with Crippen molar-refractivity contribution in [3.8, 4) is 0 Å². The monoisotopic (exact) mass is 431 g/mol. The van der Waals surface area contributed by atoms with E-state index in [1.54, 1.807) is 12.3 Å². The summed E-state index contributed by atoms with van der Waals surface area (Å²) in [6, 6.07) is 13.0. The zero-order chi connectivity index (χ0) is 21.6. The second-order valence-electron chi connectivity index (χ2n) is 7.67. The molecule has 1 fully saturated rings. The molecule has 0 spiro atoms. The van der Waals surface area contributed by atoms with E-state index in [0.29, 0.717) is 32.5 Å². The molecule has 162 valence electrons. The van der Waals surface area contributed by atoms with Crippen molar-refractivity contribution >= 4 is 22.0 Å². The first-order valence-electron chi connectivity index (χ1n) is 10.1. The molecule has 1 unspecified atom stereocenters. The predicted octanol–water partition coefficient (Wildman–Crippen LogP) is 2.71. The standard InChI is InChI=1S/C22H29N3O4S/c1-24(2)20(21-9-6-15-29-21)17-23-22(26)19-10-13-25(14-11-19)30(27,28)16-12-18-7-4-3-5-8-18/h3-9,12,15-16,19-20H,10-11,13-14,17H2,1-2H3,(H,23,26). The number of piperidine rings is 1. The lowest BCUT2D eigenvalue weighted by Gasteiger charge is -2.30. The van der Waals surface area contributed by atoms with Gasteiger partial charge in [-0.3, -0.25) is 9.69 Å². The van der Waals surface area contributed by atoms with Crippen molar-refractivity contribution in [2.45, 2.75) is 18.9 Å². The van der Waals surface area contributed by atoms with E-state index in [1.165, 1.54) is 9.71 Å². The van der Waals surface area contributed by atoms with Crippen molar-refractivity contribution in [2.24, 2.45) is 5.92 Å². The van der Waals surface area contributed by atoms with Gasteiger partial charge in [0.05, 0.1) is 12.3 Å². The number of rotatable bonds is 8. The van der Waals surface area contributed by atoms with E-state index in [4.69, 9.17) is 4.42 Å². The molecule has 30 heavy (non-hydrogen) atoms. The Kier molecular flexibility index (Phi) is 7.47. The third kappa shape index (κ3) is 5.81.